The fourth-order valence-electron chi connectivity index (χ4n) is 5.24. The molecule has 1 N–H and O–H groups in total. The van der Waals surface area contributed by atoms with E-state index in [1.807, 2.05) is 0 Å². The number of para-hydroxylation sites is 1. The molecule has 0 saturated carbocycles. The molecular weight excluding hydrogens is 513 g/mol. The van der Waals surface area contributed by atoms with E-state index in [0.29, 0.717) is 44.2 Å². The number of rotatable bonds is 5. The highest BCUT2D eigenvalue weighted by atomic mass is 35.5. The molecule has 1 amide bonds. The van der Waals surface area contributed by atoms with E-state index in [2.05, 4.69) is 5.32 Å². The molecule has 1 spiro atoms. The van der Waals surface area contributed by atoms with Crippen molar-refractivity contribution in [3.63, 3.8) is 0 Å². The Hall–Kier alpha value is -2.84. The van der Waals surface area contributed by atoms with Crippen LogP contribution in [0, 0.1) is 10.1 Å². The van der Waals surface area contributed by atoms with E-state index < -0.39 is 23.4 Å². The summed E-state index contributed by atoms with van der Waals surface area (Å²) in [5.41, 5.74) is 1.29. The first kappa shape index (κ1) is 23.9. The second-order valence-electron chi connectivity index (χ2n) is 8.71. The molecule has 1 fully saturated rings. The lowest BCUT2D eigenvalue weighted by atomic mass is 9.79. The molecule has 10 heteroatoms. The highest BCUT2D eigenvalue weighted by Gasteiger charge is 2.68. The summed E-state index contributed by atoms with van der Waals surface area (Å²) in [4.78, 5) is 27.1. The predicted octanol–water partition coefficient (Wildman–Crippen LogP) is 5.75. The molecule has 35 heavy (non-hydrogen) atoms. The van der Waals surface area contributed by atoms with Crippen LogP contribution in [0.2, 0.25) is 15.1 Å². The first-order chi connectivity index (χ1) is 16.7. The summed E-state index contributed by atoms with van der Waals surface area (Å²) in [6, 6.07) is 16.3. The van der Waals surface area contributed by atoms with E-state index in [-0.39, 0.29) is 11.5 Å². The van der Waals surface area contributed by atoms with Crippen molar-refractivity contribution < 1.29 is 14.5 Å². The van der Waals surface area contributed by atoms with Gasteiger partial charge in [-0.3, -0.25) is 19.8 Å². The molecule has 1 saturated heterocycles. The third kappa shape index (κ3) is 3.83. The smallest absolute Gasteiger partial charge is 0.256 e. The highest BCUT2D eigenvalue weighted by molar-refractivity contribution is 6.42. The average molecular weight is 533 g/mol. The largest absolute Gasteiger partial charge is 0.487 e. The monoisotopic (exact) mass is 531 g/mol. The Balaban J connectivity index is 1.45. The first-order valence-electron chi connectivity index (χ1n) is 10.9. The summed E-state index contributed by atoms with van der Waals surface area (Å²) in [6.45, 7) is 0.535. The van der Waals surface area contributed by atoms with Crippen LogP contribution in [0.15, 0.2) is 60.7 Å². The number of nitro groups is 1. The summed E-state index contributed by atoms with van der Waals surface area (Å²) in [7, 11) is 1.74. The molecule has 0 unspecified atom stereocenters. The Morgan fingerprint density at radius 2 is 1.86 bits per heavy atom. The summed E-state index contributed by atoms with van der Waals surface area (Å²) in [6.07, 6.45) is 0. The van der Waals surface area contributed by atoms with Crippen molar-refractivity contribution in [1.29, 1.82) is 0 Å². The van der Waals surface area contributed by atoms with Crippen LogP contribution in [0.1, 0.15) is 22.6 Å². The van der Waals surface area contributed by atoms with Gasteiger partial charge in [0.05, 0.1) is 21.0 Å². The number of ether oxygens (including phenoxy) is 1. The van der Waals surface area contributed by atoms with Crippen molar-refractivity contribution in [2.75, 3.05) is 18.9 Å². The zero-order valence-corrected chi connectivity index (χ0v) is 20.8. The maximum absolute atomic E-state index is 13.2. The van der Waals surface area contributed by atoms with Crippen LogP contribution >= 0.6 is 34.8 Å². The number of likely N-dealkylation sites (tertiary alicyclic amines) is 1. The maximum atomic E-state index is 13.2. The van der Waals surface area contributed by atoms with Crippen LogP contribution in [0.25, 0.3) is 0 Å². The van der Waals surface area contributed by atoms with Crippen LogP contribution in [-0.2, 0) is 16.9 Å². The van der Waals surface area contributed by atoms with Crippen molar-refractivity contribution in [2.45, 2.75) is 24.1 Å². The Labute approximate surface area is 216 Å². The van der Waals surface area contributed by atoms with Gasteiger partial charge in [0.15, 0.2) is 5.54 Å². The van der Waals surface area contributed by atoms with Gasteiger partial charge in [-0.2, -0.15) is 0 Å². The number of halogens is 3. The highest BCUT2D eigenvalue weighted by Crippen LogP contribution is 2.52. The van der Waals surface area contributed by atoms with E-state index in [1.165, 1.54) is 0 Å². The molecule has 7 nitrogen and oxygen atoms in total. The van der Waals surface area contributed by atoms with Gasteiger partial charge in [0.1, 0.15) is 12.4 Å². The lowest BCUT2D eigenvalue weighted by Crippen LogP contribution is -2.54. The van der Waals surface area contributed by atoms with Crippen LogP contribution < -0.4 is 10.1 Å². The van der Waals surface area contributed by atoms with Crippen molar-refractivity contribution in [3.05, 3.63) is 103 Å². The molecule has 0 radical (unpaired) electrons. The summed E-state index contributed by atoms with van der Waals surface area (Å²) in [5, 5.41) is 16.5. The number of nitrogens with one attached hydrogen (secondary N) is 1. The molecule has 180 valence electrons. The fraction of sp³-hybridized carbons (Fsp3) is 0.240. The number of carbonyl (C=O) groups is 1. The molecule has 0 aliphatic carbocycles. The number of benzene rings is 3. The van der Waals surface area contributed by atoms with Crippen LogP contribution in [-0.4, -0.2) is 35.4 Å². The molecular formula is C25H20Cl3N3O4. The van der Waals surface area contributed by atoms with Crippen molar-refractivity contribution in [3.8, 4) is 5.75 Å². The molecule has 3 atom stereocenters. The fourth-order valence-corrected chi connectivity index (χ4v) is 5.80. The molecule has 3 aromatic carbocycles. The van der Waals surface area contributed by atoms with Gasteiger partial charge in [-0.15, -0.1) is 0 Å². The molecule has 5 rings (SSSR count). The van der Waals surface area contributed by atoms with Crippen LogP contribution in [0.3, 0.4) is 0 Å². The third-order valence-corrected chi connectivity index (χ3v) is 7.84. The first-order valence-corrected chi connectivity index (χ1v) is 12.0. The Morgan fingerprint density at radius 3 is 2.57 bits per heavy atom. The van der Waals surface area contributed by atoms with E-state index in [4.69, 9.17) is 39.5 Å². The van der Waals surface area contributed by atoms with Gasteiger partial charge >= 0.3 is 0 Å². The number of carbonyl (C=O) groups excluding carboxylic acids is 1. The van der Waals surface area contributed by atoms with Gasteiger partial charge in [0.25, 0.3) is 11.9 Å². The number of anilines is 1. The Kier molecular flexibility index (Phi) is 6.13. The van der Waals surface area contributed by atoms with Crippen molar-refractivity contribution in [1.82, 2.24) is 4.90 Å². The topological polar surface area (TPSA) is 84.7 Å². The summed E-state index contributed by atoms with van der Waals surface area (Å²) < 4.78 is 5.85. The minimum absolute atomic E-state index is 0.222. The van der Waals surface area contributed by atoms with Crippen molar-refractivity contribution >= 4 is 46.4 Å². The quantitative estimate of drug-likeness (QED) is 0.334. The number of nitrogens with zero attached hydrogens (tertiary/aromatic N) is 2. The average Bonchev–Trinajstić information content (AvgIpc) is 3.30. The third-order valence-electron chi connectivity index (χ3n) is 6.80. The maximum Gasteiger partial charge on any atom is 0.256 e. The number of hydrogen-bond acceptors (Lipinski definition) is 5. The van der Waals surface area contributed by atoms with Crippen LogP contribution in [0.4, 0.5) is 5.69 Å². The number of likely N-dealkylation sites (N-methyl/N-ethyl adjacent to an activating group) is 1. The number of amides is 1. The normalized spacial score (nSPS) is 23.4. The van der Waals surface area contributed by atoms with E-state index in [1.54, 1.807) is 72.6 Å². The SMILES string of the molecule is CN1C[C@H](c2ccc(OCc3ccc(Cl)c(Cl)c3)c(Cl)c2)[C@H]([N+](=O)[O-])[C@@]12C(=O)Nc1ccccc12. The number of fused-ring (bicyclic) bond motifs is 2. The Bertz CT molecular complexity index is 1350. The van der Waals surface area contributed by atoms with E-state index in [0.717, 1.165) is 5.56 Å². The standard InChI is InChI=1S/C25H20Cl3N3O4/c1-30-12-16(23(31(33)34)25(30)17-4-2-3-5-21(17)29-24(25)32)15-7-9-22(20(28)11-15)35-13-14-6-8-18(26)19(27)10-14/h2-11,16,23H,12-13H2,1H3,(H,29,32)/t16-,23+,25+/m1/s1. The molecule has 0 aromatic heterocycles. The summed E-state index contributed by atoms with van der Waals surface area (Å²) >= 11 is 18.5. The zero-order valence-electron chi connectivity index (χ0n) is 18.5. The summed E-state index contributed by atoms with van der Waals surface area (Å²) in [5.74, 6) is -0.518. The van der Waals surface area contributed by atoms with Gasteiger partial charge < -0.3 is 10.1 Å². The van der Waals surface area contributed by atoms with Crippen molar-refractivity contribution in [2.24, 2.45) is 0 Å². The Morgan fingerprint density at radius 1 is 1.09 bits per heavy atom. The van der Waals surface area contributed by atoms with Gasteiger partial charge in [0.2, 0.25) is 0 Å². The second kappa shape index (κ2) is 8.99. The van der Waals surface area contributed by atoms with Gasteiger partial charge in [-0.25, -0.2) is 0 Å². The van der Waals surface area contributed by atoms with E-state index >= 15 is 0 Å². The molecule has 0 bridgehead atoms. The predicted molar refractivity (Wildman–Crippen MR) is 135 cm³/mol. The molecule has 2 heterocycles. The molecule has 2 aliphatic rings. The lowest BCUT2D eigenvalue weighted by Gasteiger charge is -2.30. The molecule has 3 aromatic rings. The van der Waals surface area contributed by atoms with E-state index in [9.17, 15) is 14.9 Å². The van der Waals surface area contributed by atoms with Gasteiger partial charge in [-0.1, -0.05) is 65.1 Å². The minimum atomic E-state index is -1.40. The second-order valence-corrected chi connectivity index (χ2v) is 9.93. The van der Waals surface area contributed by atoms with Crippen LogP contribution in [0.5, 0.6) is 5.75 Å². The van der Waals surface area contributed by atoms with Gasteiger partial charge in [0, 0.05) is 22.7 Å². The molecule has 2 aliphatic heterocycles. The minimum Gasteiger partial charge on any atom is -0.487 e. The lowest BCUT2D eigenvalue weighted by molar-refractivity contribution is -0.534. The zero-order chi connectivity index (χ0) is 24.9. The number of hydrogen-bond donors (Lipinski definition) is 1. The van der Waals surface area contributed by atoms with Gasteiger partial charge in [-0.05, 0) is 48.5 Å².